The molecule has 0 aromatic rings. The minimum atomic E-state index is -0.786. The Balaban J connectivity index is 2.76. The maximum Gasteiger partial charge on any atom is 0.248 e. The van der Waals surface area contributed by atoms with E-state index in [-0.39, 0.29) is 17.7 Å². The van der Waals surface area contributed by atoms with Crippen molar-refractivity contribution in [2.24, 2.45) is 5.92 Å². The Bertz CT molecular complexity index is 371. The van der Waals surface area contributed by atoms with Crippen LogP contribution in [0.5, 0.6) is 0 Å². The van der Waals surface area contributed by atoms with E-state index in [1.54, 1.807) is 11.8 Å². The molecule has 1 N–H and O–H groups in total. The third-order valence-electron chi connectivity index (χ3n) is 4.19. The minimum Gasteiger partial charge on any atom is -0.380 e. The Hall–Kier alpha value is -1.10. The lowest BCUT2D eigenvalue weighted by molar-refractivity contribution is -0.157. The van der Waals surface area contributed by atoms with Gasteiger partial charge in [-0.3, -0.25) is 9.59 Å². The molecule has 0 bridgehead atoms. The summed E-state index contributed by atoms with van der Waals surface area (Å²) in [7, 11) is 0. The standard InChI is InChI=1S/C16H30N2O3/c1-6-8-10-21-11-9-18-13(12(3)4)14(19)17-16(5,7-2)15(18)20/h12-13H,6-11H2,1-5H3,(H,17,19). The zero-order valence-electron chi connectivity index (χ0n) is 14.1. The second-order valence-electron chi connectivity index (χ2n) is 6.33. The number of unbranched alkanes of at least 4 members (excludes halogenated alkanes) is 1. The van der Waals surface area contributed by atoms with Crippen LogP contribution in [0.25, 0.3) is 0 Å². The van der Waals surface area contributed by atoms with Crippen molar-refractivity contribution >= 4 is 11.8 Å². The number of amides is 2. The number of carbonyl (C=O) groups excluding carboxylic acids is 2. The van der Waals surface area contributed by atoms with Crippen molar-refractivity contribution in [2.75, 3.05) is 19.8 Å². The number of ether oxygens (including phenoxy) is 1. The molecule has 1 heterocycles. The van der Waals surface area contributed by atoms with Gasteiger partial charge in [0.1, 0.15) is 11.6 Å². The fourth-order valence-corrected chi connectivity index (χ4v) is 2.64. The molecule has 1 aliphatic heterocycles. The first-order valence-corrected chi connectivity index (χ1v) is 8.08. The highest BCUT2D eigenvalue weighted by molar-refractivity contribution is 5.99. The Morgan fingerprint density at radius 2 is 1.95 bits per heavy atom. The van der Waals surface area contributed by atoms with Gasteiger partial charge < -0.3 is 15.0 Å². The first kappa shape index (κ1) is 18.0. The van der Waals surface area contributed by atoms with E-state index in [2.05, 4.69) is 12.2 Å². The summed E-state index contributed by atoms with van der Waals surface area (Å²) in [5, 5.41) is 2.89. The molecule has 5 nitrogen and oxygen atoms in total. The zero-order valence-corrected chi connectivity index (χ0v) is 14.1. The van der Waals surface area contributed by atoms with Gasteiger partial charge in [-0.25, -0.2) is 0 Å². The monoisotopic (exact) mass is 298 g/mol. The highest BCUT2D eigenvalue weighted by Gasteiger charge is 2.47. The molecular formula is C16H30N2O3. The molecular weight excluding hydrogens is 268 g/mol. The summed E-state index contributed by atoms with van der Waals surface area (Å²) < 4.78 is 5.56. The molecule has 1 rings (SSSR count). The van der Waals surface area contributed by atoms with E-state index in [4.69, 9.17) is 4.74 Å². The summed E-state index contributed by atoms with van der Waals surface area (Å²) in [4.78, 5) is 26.8. The van der Waals surface area contributed by atoms with Crippen LogP contribution in [0.4, 0.5) is 0 Å². The van der Waals surface area contributed by atoms with Gasteiger partial charge in [0, 0.05) is 13.2 Å². The van der Waals surface area contributed by atoms with E-state index in [0.717, 1.165) is 12.8 Å². The van der Waals surface area contributed by atoms with Gasteiger partial charge in [-0.1, -0.05) is 34.1 Å². The minimum absolute atomic E-state index is 0.00221. The molecule has 2 atom stereocenters. The number of hydrogen-bond donors (Lipinski definition) is 1. The van der Waals surface area contributed by atoms with Crippen molar-refractivity contribution in [1.82, 2.24) is 10.2 Å². The van der Waals surface area contributed by atoms with Crippen molar-refractivity contribution in [1.29, 1.82) is 0 Å². The highest BCUT2D eigenvalue weighted by Crippen LogP contribution is 2.24. The highest BCUT2D eigenvalue weighted by atomic mass is 16.5. The summed E-state index contributed by atoms with van der Waals surface area (Å²) in [6.07, 6.45) is 2.71. The molecule has 1 saturated heterocycles. The Morgan fingerprint density at radius 3 is 2.48 bits per heavy atom. The van der Waals surface area contributed by atoms with E-state index in [9.17, 15) is 9.59 Å². The average molecular weight is 298 g/mol. The van der Waals surface area contributed by atoms with Crippen LogP contribution in [0.15, 0.2) is 0 Å². The van der Waals surface area contributed by atoms with E-state index >= 15 is 0 Å². The predicted octanol–water partition coefficient (Wildman–Crippen LogP) is 1.95. The van der Waals surface area contributed by atoms with Crippen LogP contribution in [-0.2, 0) is 14.3 Å². The van der Waals surface area contributed by atoms with Crippen LogP contribution < -0.4 is 5.32 Å². The molecule has 2 amide bonds. The third-order valence-corrected chi connectivity index (χ3v) is 4.19. The molecule has 0 spiro atoms. The van der Waals surface area contributed by atoms with Gasteiger partial charge in [-0.2, -0.15) is 0 Å². The second kappa shape index (κ2) is 7.78. The lowest BCUT2D eigenvalue weighted by atomic mass is 9.88. The van der Waals surface area contributed by atoms with E-state index in [0.29, 0.717) is 26.2 Å². The maximum absolute atomic E-state index is 12.7. The molecule has 1 aliphatic rings. The van der Waals surface area contributed by atoms with Crippen LogP contribution in [0.2, 0.25) is 0 Å². The number of hydrogen-bond acceptors (Lipinski definition) is 3. The van der Waals surface area contributed by atoms with E-state index in [1.165, 1.54) is 0 Å². The number of rotatable bonds is 8. The van der Waals surface area contributed by atoms with Gasteiger partial charge in [0.2, 0.25) is 11.8 Å². The van der Waals surface area contributed by atoms with Gasteiger partial charge in [0.05, 0.1) is 6.61 Å². The molecule has 0 saturated carbocycles. The molecule has 21 heavy (non-hydrogen) atoms. The quantitative estimate of drug-likeness (QED) is 0.697. The fourth-order valence-electron chi connectivity index (χ4n) is 2.64. The summed E-state index contributed by atoms with van der Waals surface area (Å²) >= 11 is 0. The van der Waals surface area contributed by atoms with Gasteiger partial charge in [0.15, 0.2) is 0 Å². The van der Waals surface area contributed by atoms with Gasteiger partial charge in [-0.05, 0) is 25.7 Å². The topological polar surface area (TPSA) is 58.6 Å². The first-order valence-electron chi connectivity index (χ1n) is 8.08. The van der Waals surface area contributed by atoms with E-state index < -0.39 is 11.6 Å². The smallest absolute Gasteiger partial charge is 0.248 e. The van der Waals surface area contributed by atoms with Crippen molar-refractivity contribution in [3.8, 4) is 0 Å². The average Bonchev–Trinajstić information content (AvgIpc) is 2.43. The summed E-state index contributed by atoms with van der Waals surface area (Å²) in [6.45, 7) is 11.5. The lowest BCUT2D eigenvalue weighted by Crippen LogP contribution is -2.70. The first-order chi connectivity index (χ1) is 9.87. The van der Waals surface area contributed by atoms with Gasteiger partial charge in [-0.15, -0.1) is 0 Å². The molecule has 0 aromatic carbocycles. The molecule has 0 radical (unpaired) electrons. The molecule has 0 aliphatic carbocycles. The summed E-state index contributed by atoms with van der Waals surface area (Å²) in [6, 6.07) is -0.396. The van der Waals surface area contributed by atoms with Gasteiger partial charge >= 0.3 is 0 Å². The fraction of sp³-hybridized carbons (Fsp3) is 0.875. The van der Waals surface area contributed by atoms with Crippen molar-refractivity contribution in [2.45, 2.75) is 65.5 Å². The Labute approximate surface area is 128 Å². The number of piperazine rings is 1. The molecule has 1 fully saturated rings. The van der Waals surface area contributed by atoms with Crippen LogP contribution in [0, 0.1) is 5.92 Å². The SMILES string of the molecule is CCCCOCCN1C(=O)C(C)(CC)NC(=O)C1C(C)C. The molecule has 122 valence electrons. The predicted molar refractivity (Wildman–Crippen MR) is 82.9 cm³/mol. The lowest BCUT2D eigenvalue weighted by Gasteiger charge is -2.45. The van der Waals surface area contributed by atoms with Crippen LogP contribution in [0.3, 0.4) is 0 Å². The zero-order chi connectivity index (χ0) is 16.0. The van der Waals surface area contributed by atoms with Crippen LogP contribution >= 0.6 is 0 Å². The third kappa shape index (κ3) is 4.19. The Morgan fingerprint density at radius 1 is 1.29 bits per heavy atom. The normalized spacial score (nSPS) is 26.4. The number of nitrogens with zero attached hydrogens (tertiary/aromatic N) is 1. The number of carbonyl (C=O) groups is 2. The largest absolute Gasteiger partial charge is 0.380 e. The Kier molecular flexibility index (Phi) is 6.65. The van der Waals surface area contributed by atoms with Crippen LogP contribution in [0.1, 0.15) is 53.9 Å². The molecule has 5 heteroatoms. The molecule has 2 unspecified atom stereocenters. The molecule has 0 aromatic heterocycles. The van der Waals surface area contributed by atoms with Crippen molar-refractivity contribution in [3.63, 3.8) is 0 Å². The summed E-state index contributed by atoms with van der Waals surface area (Å²) in [5.41, 5.74) is -0.786. The summed E-state index contributed by atoms with van der Waals surface area (Å²) in [5.74, 6) is 0.0379. The van der Waals surface area contributed by atoms with Crippen molar-refractivity contribution < 1.29 is 14.3 Å². The van der Waals surface area contributed by atoms with Gasteiger partial charge in [0.25, 0.3) is 0 Å². The second-order valence-corrected chi connectivity index (χ2v) is 6.33. The van der Waals surface area contributed by atoms with Crippen molar-refractivity contribution in [3.05, 3.63) is 0 Å². The van der Waals surface area contributed by atoms with E-state index in [1.807, 2.05) is 20.8 Å². The number of nitrogens with one attached hydrogen (secondary N) is 1. The maximum atomic E-state index is 12.7. The van der Waals surface area contributed by atoms with Crippen LogP contribution in [-0.4, -0.2) is 48.1 Å².